The van der Waals surface area contributed by atoms with E-state index in [2.05, 4.69) is 22.3 Å². The van der Waals surface area contributed by atoms with Crippen molar-refractivity contribution >= 4 is 18.3 Å². The minimum absolute atomic E-state index is 0.0428. The molecule has 7 unspecified atom stereocenters. The third kappa shape index (κ3) is 12.5. The molecule has 10 rings (SSSR count). The van der Waals surface area contributed by atoms with Crippen molar-refractivity contribution in [1.29, 1.82) is 0 Å². The van der Waals surface area contributed by atoms with Gasteiger partial charge in [0.25, 0.3) is 11.1 Å². The zero-order valence-electron chi connectivity index (χ0n) is 47.7. The normalized spacial score (nSPS) is 19.4. The first kappa shape index (κ1) is 60.0. The van der Waals surface area contributed by atoms with Crippen LogP contribution >= 0.6 is 6.49 Å². The number of rotatable bonds is 23. The Balaban J connectivity index is 1.04. The molecule has 2 fully saturated rings. The number of aromatic amines is 2. The average Bonchev–Trinajstić information content (AvgIpc) is 2.52. The van der Waals surface area contributed by atoms with Gasteiger partial charge in [-0.25, -0.2) is 9.59 Å². The summed E-state index contributed by atoms with van der Waals surface area (Å²) in [7, 11) is 6.39. The summed E-state index contributed by atoms with van der Waals surface area (Å²) in [6.07, 6.45) is -2.65. The van der Waals surface area contributed by atoms with Crippen LogP contribution in [0.25, 0.3) is 0 Å². The molecule has 6 aromatic carbocycles. The first-order valence-corrected chi connectivity index (χ1v) is 30.1. The fourth-order valence-electron chi connectivity index (χ4n) is 11.0. The number of ether oxygens (including phenoxy) is 8. The summed E-state index contributed by atoms with van der Waals surface area (Å²) >= 11 is 6.44. The van der Waals surface area contributed by atoms with Crippen LogP contribution < -0.4 is 41.4 Å². The van der Waals surface area contributed by atoms with Crippen LogP contribution in [0.2, 0.25) is 0 Å². The number of nitrogens with zero attached hydrogens (tertiary/aromatic N) is 2. The van der Waals surface area contributed by atoms with Crippen LogP contribution in [0.15, 0.2) is 207 Å². The molecule has 20 heteroatoms. The highest BCUT2D eigenvalue weighted by Gasteiger charge is 2.49. The van der Waals surface area contributed by atoms with E-state index in [0.29, 0.717) is 28.6 Å². The van der Waals surface area contributed by atoms with Crippen LogP contribution in [-0.4, -0.2) is 85.2 Å². The van der Waals surface area contributed by atoms with Gasteiger partial charge in [0.2, 0.25) is 6.49 Å². The van der Waals surface area contributed by atoms with Crippen molar-refractivity contribution in [1.82, 2.24) is 19.1 Å². The molecule has 0 bridgehead atoms. The van der Waals surface area contributed by atoms with E-state index < -0.39 is 77.1 Å². The minimum atomic E-state index is -3.70. The van der Waals surface area contributed by atoms with E-state index >= 15 is 0 Å². The Kier molecular flexibility index (Phi) is 18.3. The van der Waals surface area contributed by atoms with E-state index in [1.165, 1.54) is 27.3 Å². The van der Waals surface area contributed by atoms with E-state index in [9.17, 15) is 19.2 Å². The van der Waals surface area contributed by atoms with Crippen LogP contribution in [0.4, 0.5) is 0 Å². The molecule has 2 aliphatic rings. The lowest BCUT2D eigenvalue weighted by atomic mass is 9.79. The summed E-state index contributed by atoms with van der Waals surface area (Å²) in [4.78, 5) is 57.6. The SMILES string of the molecule is C=C=CP(=S)(OCC1OC(n2cc(C)c(=O)[nH]c2=O)CC1OC(c1ccccc1)(c1ccc(OC)cc1)c1ccc(OC)cc1)OC1CC(n2cc(C)c(=O)[nH]c2=O)OC1COC(c1ccccc1)(c1ccc(OC)cc1)c1ccc(OC)cc1. The highest BCUT2D eigenvalue weighted by Crippen LogP contribution is 2.55. The van der Waals surface area contributed by atoms with Gasteiger partial charge in [-0.1, -0.05) is 116 Å². The van der Waals surface area contributed by atoms with E-state index in [1.54, 1.807) is 42.3 Å². The molecule has 0 aliphatic carbocycles. The summed E-state index contributed by atoms with van der Waals surface area (Å²) in [5, 5.41) is 0. The summed E-state index contributed by atoms with van der Waals surface area (Å²) in [5.74, 6) is 4.00. The lowest BCUT2D eigenvalue weighted by molar-refractivity contribution is -0.0993. The molecule has 2 aliphatic heterocycles. The van der Waals surface area contributed by atoms with Crippen molar-refractivity contribution in [2.24, 2.45) is 0 Å². The van der Waals surface area contributed by atoms with Crippen molar-refractivity contribution in [2.75, 3.05) is 41.7 Å². The minimum Gasteiger partial charge on any atom is -0.497 e. The van der Waals surface area contributed by atoms with E-state index in [0.717, 1.165) is 33.4 Å². The number of benzene rings is 6. The van der Waals surface area contributed by atoms with Gasteiger partial charge in [-0.05, 0) is 108 Å². The Labute approximate surface area is 495 Å². The first-order valence-electron chi connectivity index (χ1n) is 27.4. The number of methoxy groups -OCH3 is 4. The fourth-order valence-corrected chi connectivity index (χ4v) is 13.1. The van der Waals surface area contributed by atoms with E-state index in [-0.39, 0.29) is 31.6 Å². The number of nitrogens with one attached hydrogen (secondary N) is 2. The second kappa shape index (κ2) is 26.0. The topological polar surface area (TPSA) is 202 Å². The summed E-state index contributed by atoms with van der Waals surface area (Å²) in [6, 6.07) is 49.8. The van der Waals surface area contributed by atoms with Crippen LogP contribution in [0.1, 0.15) is 69.8 Å². The van der Waals surface area contributed by atoms with Gasteiger partial charge < -0.3 is 46.9 Å². The van der Waals surface area contributed by atoms with E-state index in [1.807, 2.05) is 158 Å². The molecule has 0 spiro atoms. The number of aryl methyl sites for hydroxylation is 2. The van der Waals surface area contributed by atoms with Crippen molar-refractivity contribution < 1.29 is 46.9 Å². The lowest BCUT2D eigenvalue weighted by Crippen LogP contribution is -2.41. The molecule has 7 atom stereocenters. The van der Waals surface area contributed by atoms with Crippen LogP contribution in [0.3, 0.4) is 0 Å². The molecule has 2 N–H and O–H groups in total. The summed E-state index contributed by atoms with van der Waals surface area (Å²) < 4.78 is 67.7. The molecule has 440 valence electrons. The highest BCUT2D eigenvalue weighted by molar-refractivity contribution is 8.11. The maximum Gasteiger partial charge on any atom is 0.330 e. The molecule has 18 nitrogen and oxygen atoms in total. The Bertz CT molecular complexity index is 3850. The molecule has 0 radical (unpaired) electrons. The fraction of sp³-hybridized carbons (Fsp3) is 0.277. The number of hydrogen-bond acceptors (Lipinski definition) is 15. The van der Waals surface area contributed by atoms with Gasteiger partial charge in [-0.3, -0.25) is 28.7 Å². The zero-order chi connectivity index (χ0) is 59.9. The predicted octanol–water partition coefficient (Wildman–Crippen LogP) is 9.71. The lowest BCUT2D eigenvalue weighted by Gasteiger charge is -2.39. The molecule has 0 saturated carbocycles. The molecule has 8 aromatic rings. The van der Waals surface area contributed by atoms with Crippen molar-refractivity contribution in [2.45, 2.75) is 74.8 Å². The van der Waals surface area contributed by atoms with E-state index in [4.69, 9.17) is 58.7 Å². The Morgan fingerprint density at radius 3 is 1.32 bits per heavy atom. The smallest absolute Gasteiger partial charge is 0.330 e. The second-order valence-electron chi connectivity index (χ2n) is 20.5. The molecule has 0 amide bonds. The Morgan fingerprint density at radius 1 is 0.553 bits per heavy atom. The van der Waals surface area contributed by atoms with Gasteiger partial charge in [0.1, 0.15) is 58.9 Å². The van der Waals surface area contributed by atoms with Gasteiger partial charge >= 0.3 is 11.4 Å². The highest BCUT2D eigenvalue weighted by atomic mass is 32.5. The van der Waals surface area contributed by atoms with Crippen LogP contribution in [0, 0.1) is 13.8 Å². The summed E-state index contributed by atoms with van der Waals surface area (Å²) in [5.41, 5.74) is 2.87. The molecular formula is C65H65N4O14PS. The Morgan fingerprint density at radius 2 is 0.918 bits per heavy atom. The standard InChI is InChI=1S/C65H65N4O14PS/c1-8-35-84(85,79-41-57-54(36-58(81-57)68-38-42(2)60(70)66-62(68)72)82-65(45-17-13-10-14-18-45,48-23-31-52(76-6)32-24-48)49-25-33-53(77-7)34-26-49)83-55-37-59(69-39-43(3)61(71)67-63(69)73)80-56(55)40-78-64(44-15-11-9-12-16-44,46-19-27-50(74-4)28-20-46)47-21-29-51(75-5)30-22-47/h9-35,38-39,54-59H,1,36-37,40-41H2,2-7H3,(H,66,70,72)(H,67,71,73). The first-order chi connectivity index (χ1) is 41.1. The van der Waals surface area contributed by atoms with Gasteiger partial charge in [-0.2, -0.15) is 0 Å². The third-order valence-corrected chi connectivity index (χ3v) is 17.8. The molecule has 2 aromatic heterocycles. The maximum absolute atomic E-state index is 13.7. The van der Waals surface area contributed by atoms with Gasteiger partial charge in [0.15, 0.2) is 0 Å². The quantitative estimate of drug-likeness (QED) is 0.0348. The van der Waals surface area contributed by atoms with Gasteiger partial charge in [0.05, 0.1) is 53.9 Å². The monoisotopic (exact) mass is 1190 g/mol. The van der Waals surface area contributed by atoms with Crippen LogP contribution in [0.5, 0.6) is 23.0 Å². The number of H-pyrrole nitrogens is 2. The number of hydrogen-bond donors (Lipinski definition) is 2. The Hall–Kier alpha value is -8.19. The van der Waals surface area contributed by atoms with Crippen molar-refractivity contribution in [3.05, 3.63) is 274 Å². The van der Waals surface area contributed by atoms with Gasteiger partial charge in [0, 0.05) is 42.2 Å². The number of aromatic nitrogens is 4. The van der Waals surface area contributed by atoms with Crippen molar-refractivity contribution in [3.8, 4) is 23.0 Å². The second-order valence-corrected chi connectivity index (χ2v) is 23.8. The molecule has 4 heterocycles. The zero-order valence-corrected chi connectivity index (χ0v) is 49.4. The largest absolute Gasteiger partial charge is 0.497 e. The molecule has 2 saturated heterocycles. The maximum atomic E-state index is 13.7. The molecular weight excluding hydrogens is 1120 g/mol. The molecule has 85 heavy (non-hydrogen) atoms. The third-order valence-electron chi connectivity index (χ3n) is 15.4. The van der Waals surface area contributed by atoms with Crippen LogP contribution in [-0.2, 0) is 51.0 Å². The van der Waals surface area contributed by atoms with Crippen molar-refractivity contribution in [3.63, 3.8) is 0 Å². The predicted molar refractivity (Wildman–Crippen MR) is 323 cm³/mol. The van der Waals surface area contributed by atoms with Gasteiger partial charge in [-0.15, -0.1) is 5.73 Å². The summed E-state index contributed by atoms with van der Waals surface area (Å²) in [6.45, 7) is 2.99. The average molecular weight is 1190 g/mol.